The van der Waals surface area contributed by atoms with Gasteiger partial charge in [-0.3, -0.25) is 0 Å². The lowest BCUT2D eigenvalue weighted by Gasteiger charge is -2.49. The molecule has 0 fully saturated rings. The highest BCUT2D eigenvalue weighted by Crippen LogP contribution is 2.56. The molecule has 398 valence electrons. The fourth-order valence-corrected chi connectivity index (χ4v) is 17.5. The molecule has 78 heavy (non-hydrogen) atoms. The Hall–Kier alpha value is -5.58. The molecule has 3 heterocycles. The SMILES string of the molecule is CC1(C)CCC(C)(C)c2cc(N3c4cc5c(cc4B4c6cc7c(cc6N(c6ccc8c(c6)C(C)(C)CCC8(C)C)c6cc(-c8cccc9c8sc8ccccc89)cc3c64)C(C)(C)CCC7(C)C)C(C)(C)CCC5(C)C)ccc21. The summed E-state index contributed by atoms with van der Waals surface area (Å²) in [7, 11) is 0. The summed E-state index contributed by atoms with van der Waals surface area (Å²) < 4.78 is 2.70. The minimum Gasteiger partial charge on any atom is -0.311 e. The van der Waals surface area contributed by atoms with Gasteiger partial charge in [0.15, 0.2) is 0 Å². The number of thiophene rings is 1. The topological polar surface area (TPSA) is 6.48 Å². The molecule has 2 nitrogen and oxygen atoms in total. The second kappa shape index (κ2) is 16.1. The maximum Gasteiger partial charge on any atom is 0.252 e. The molecule has 4 heteroatoms. The van der Waals surface area contributed by atoms with Crippen LogP contribution in [0.3, 0.4) is 0 Å². The Morgan fingerprint density at radius 3 is 1.15 bits per heavy atom. The predicted octanol–water partition coefficient (Wildman–Crippen LogP) is 19.2. The summed E-state index contributed by atoms with van der Waals surface area (Å²) in [4.78, 5) is 5.56. The van der Waals surface area contributed by atoms with Crippen molar-refractivity contribution in [1.29, 1.82) is 0 Å². The van der Waals surface area contributed by atoms with Crippen LogP contribution in [0.15, 0.2) is 115 Å². The molecule has 0 radical (unpaired) electrons. The molecule has 0 bridgehead atoms. The van der Waals surface area contributed by atoms with Crippen LogP contribution in [0.2, 0.25) is 0 Å². The first kappa shape index (κ1) is 50.6. The van der Waals surface area contributed by atoms with E-state index < -0.39 is 0 Å². The zero-order valence-electron chi connectivity index (χ0n) is 50.0. The largest absolute Gasteiger partial charge is 0.311 e. The predicted molar refractivity (Wildman–Crippen MR) is 340 cm³/mol. The number of benzene rings is 7. The third-order valence-electron chi connectivity index (χ3n) is 21.9. The molecule has 0 saturated heterocycles. The van der Waals surface area contributed by atoms with Crippen molar-refractivity contribution < 1.29 is 0 Å². The van der Waals surface area contributed by atoms with E-state index in [1.807, 2.05) is 11.3 Å². The van der Waals surface area contributed by atoms with Gasteiger partial charge < -0.3 is 9.80 Å². The summed E-state index contributed by atoms with van der Waals surface area (Å²) in [6, 6.07) is 47.7. The molecular formula is C74H83BN2S. The third kappa shape index (κ3) is 7.18. The lowest BCUT2D eigenvalue weighted by Crippen LogP contribution is -2.62. The van der Waals surface area contributed by atoms with E-state index in [1.54, 1.807) is 0 Å². The Labute approximate surface area is 472 Å². The van der Waals surface area contributed by atoms with E-state index in [1.165, 1.54) is 178 Å². The van der Waals surface area contributed by atoms with Crippen LogP contribution in [-0.4, -0.2) is 6.71 Å². The van der Waals surface area contributed by atoms with Gasteiger partial charge in [0.2, 0.25) is 0 Å². The van der Waals surface area contributed by atoms with E-state index in [4.69, 9.17) is 0 Å². The maximum atomic E-state index is 2.78. The highest BCUT2D eigenvalue weighted by molar-refractivity contribution is 7.26. The zero-order valence-corrected chi connectivity index (χ0v) is 50.8. The van der Waals surface area contributed by atoms with E-state index in [2.05, 4.69) is 236 Å². The maximum absolute atomic E-state index is 2.78. The van der Waals surface area contributed by atoms with Gasteiger partial charge in [0.1, 0.15) is 0 Å². The summed E-state index contributed by atoms with van der Waals surface area (Å²) in [6.45, 7) is 40.1. The van der Waals surface area contributed by atoms with Crippen molar-refractivity contribution >= 4 is 88.7 Å². The normalized spacial score (nSPS) is 21.7. The van der Waals surface area contributed by atoms with Crippen LogP contribution in [0.25, 0.3) is 31.3 Å². The molecule has 0 amide bonds. The fraction of sp³-hybridized carbons (Fsp3) is 0.432. The van der Waals surface area contributed by atoms with Crippen LogP contribution >= 0.6 is 11.3 Å². The van der Waals surface area contributed by atoms with Crippen molar-refractivity contribution in [2.75, 3.05) is 9.80 Å². The lowest BCUT2D eigenvalue weighted by atomic mass is 9.32. The average Bonchev–Trinajstić information content (AvgIpc) is 3.94. The second-order valence-electron chi connectivity index (χ2n) is 30.8. The standard InChI is InChI=1S/C74H83BN2S/c1-67(2)28-30-69(5,6)52-38-45(24-26-50(52)67)76-60-42-56-54(71(9,10)32-34-73(56,13)14)40-58(60)75-59-41-55-57(74(15,16)35-33-72(55,11)12)43-61(59)77(46-25-27-51-53(39-46)70(7,8)31-29-68(51,3)4)63-37-44(36-62(76)65(63)75)47-21-19-22-49-48-20-17-18-23-64(48)78-66(47)49/h17-27,36-43H,28-35H2,1-16H3. The number of fused-ring (bicyclic) bond motifs is 11. The van der Waals surface area contributed by atoms with Gasteiger partial charge in [-0.25, -0.2) is 0 Å². The monoisotopic (exact) mass is 1040 g/mol. The van der Waals surface area contributed by atoms with Gasteiger partial charge in [0.05, 0.1) is 0 Å². The highest BCUT2D eigenvalue weighted by Gasteiger charge is 2.50. The van der Waals surface area contributed by atoms with Crippen molar-refractivity contribution in [2.45, 2.75) is 205 Å². The smallest absolute Gasteiger partial charge is 0.252 e. The molecule has 1 aromatic heterocycles. The zero-order chi connectivity index (χ0) is 54.8. The van der Waals surface area contributed by atoms with Crippen molar-refractivity contribution in [3.8, 4) is 11.1 Å². The first-order chi connectivity index (χ1) is 36.6. The molecule has 0 N–H and O–H groups in total. The quantitative estimate of drug-likeness (QED) is 0.163. The lowest BCUT2D eigenvalue weighted by molar-refractivity contribution is 0.332. The molecule has 0 atom stereocenters. The van der Waals surface area contributed by atoms with Gasteiger partial charge in [-0.05, 0) is 221 Å². The van der Waals surface area contributed by atoms with Gasteiger partial charge >= 0.3 is 0 Å². The molecule has 0 spiro atoms. The molecule has 8 aromatic rings. The number of anilines is 6. The first-order valence-electron chi connectivity index (χ1n) is 30.0. The number of nitrogens with zero attached hydrogens (tertiary/aromatic N) is 2. The Morgan fingerprint density at radius 1 is 0.346 bits per heavy atom. The van der Waals surface area contributed by atoms with Crippen LogP contribution in [-0.2, 0) is 43.3 Å². The average molecular weight is 1040 g/mol. The summed E-state index contributed by atoms with van der Waals surface area (Å²) in [6.07, 6.45) is 9.44. The van der Waals surface area contributed by atoms with E-state index in [-0.39, 0.29) is 50.0 Å². The van der Waals surface area contributed by atoms with Gasteiger partial charge in [-0.15, -0.1) is 11.3 Å². The van der Waals surface area contributed by atoms with E-state index in [0.717, 1.165) is 0 Å². The molecule has 0 saturated carbocycles. The third-order valence-corrected chi connectivity index (χ3v) is 23.1. The van der Waals surface area contributed by atoms with Gasteiger partial charge in [0.25, 0.3) is 6.71 Å². The molecule has 6 aliphatic rings. The Bertz CT molecular complexity index is 3710. The van der Waals surface area contributed by atoms with Crippen molar-refractivity contribution in [2.24, 2.45) is 0 Å². The summed E-state index contributed by atoms with van der Waals surface area (Å²) >= 11 is 1.95. The van der Waals surface area contributed by atoms with Crippen LogP contribution in [0.5, 0.6) is 0 Å². The Balaban J connectivity index is 1.16. The van der Waals surface area contributed by atoms with Crippen LogP contribution in [0, 0.1) is 0 Å². The minimum atomic E-state index is 0.0138. The Kier molecular flexibility index (Phi) is 10.4. The molecular weight excluding hydrogens is 960 g/mol. The van der Waals surface area contributed by atoms with Crippen molar-refractivity contribution in [1.82, 2.24) is 0 Å². The van der Waals surface area contributed by atoms with Gasteiger partial charge in [-0.1, -0.05) is 171 Å². The molecule has 2 aliphatic heterocycles. The van der Waals surface area contributed by atoms with Crippen LogP contribution < -0.4 is 26.2 Å². The van der Waals surface area contributed by atoms with Crippen LogP contribution in [0.1, 0.15) is 207 Å². The number of hydrogen-bond donors (Lipinski definition) is 0. The van der Waals surface area contributed by atoms with Gasteiger partial charge in [0, 0.05) is 54.3 Å². The van der Waals surface area contributed by atoms with E-state index >= 15 is 0 Å². The highest BCUT2D eigenvalue weighted by atomic mass is 32.1. The Morgan fingerprint density at radius 2 is 0.718 bits per heavy atom. The van der Waals surface area contributed by atoms with Crippen LogP contribution in [0.4, 0.5) is 34.1 Å². The minimum absolute atomic E-state index is 0.0138. The number of rotatable bonds is 3. The first-order valence-corrected chi connectivity index (χ1v) is 30.8. The van der Waals surface area contributed by atoms with Gasteiger partial charge in [-0.2, -0.15) is 0 Å². The summed E-state index contributed by atoms with van der Waals surface area (Å²) in [5.41, 5.74) is 27.3. The molecule has 7 aromatic carbocycles. The van der Waals surface area contributed by atoms with E-state index in [9.17, 15) is 0 Å². The number of hydrogen-bond acceptors (Lipinski definition) is 3. The molecule has 0 unspecified atom stereocenters. The van der Waals surface area contributed by atoms with Crippen molar-refractivity contribution in [3.05, 3.63) is 160 Å². The molecule has 4 aliphatic carbocycles. The fourth-order valence-electron chi connectivity index (χ4n) is 16.2. The second-order valence-corrected chi connectivity index (χ2v) is 31.8. The van der Waals surface area contributed by atoms with E-state index in [0.29, 0.717) is 0 Å². The molecule has 14 rings (SSSR count). The summed E-state index contributed by atoms with van der Waals surface area (Å²) in [5.74, 6) is 0. The van der Waals surface area contributed by atoms with Crippen molar-refractivity contribution in [3.63, 3.8) is 0 Å². The summed E-state index contributed by atoms with van der Waals surface area (Å²) in [5, 5.41) is 2.68.